The lowest BCUT2D eigenvalue weighted by molar-refractivity contribution is -0.127. The van der Waals surface area contributed by atoms with Crippen LogP contribution in [0.3, 0.4) is 0 Å². The zero-order valence-electron chi connectivity index (χ0n) is 19.7. The number of nitrogens with one attached hydrogen (secondary N) is 2. The van der Waals surface area contributed by atoms with E-state index >= 15 is 0 Å². The van der Waals surface area contributed by atoms with Gasteiger partial charge in [0.2, 0.25) is 5.91 Å². The fourth-order valence-electron chi connectivity index (χ4n) is 4.27. The van der Waals surface area contributed by atoms with E-state index < -0.39 is 12.0 Å². The van der Waals surface area contributed by atoms with Gasteiger partial charge in [0.15, 0.2) is 5.78 Å². The number of rotatable bonds is 10. The molecule has 176 valence electrons. The van der Waals surface area contributed by atoms with E-state index in [2.05, 4.69) is 24.5 Å². The molecule has 6 heteroatoms. The van der Waals surface area contributed by atoms with Gasteiger partial charge in [-0.3, -0.25) is 14.4 Å². The van der Waals surface area contributed by atoms with E-state index in [0.29, 0.717) is 31.4 Å². The monoisotopic (exact) mass is 450 g/mol. The average Bonchev–Trinajstić information content (AvgIpc) is 3.17. The lowest BCUT2D eigenvalue weighted by Gasteiger charge is -2.30. The number of ether oxygens (including phenoxy) is 1. The Hall–Kier alpha value is -2.99. The predicted molar refractivity (Wildman–Crippen MR) is 128 cm³/mol. The van der Waals surface area contributed by atoms with Crippen molar-refractivity contribution in [1.82, 2.24) is 10.6 Å². The lowest BCUT2D eigenvalue weighted by atomic mass is 9.77. The molecule has 0 saturated carbocycles. The molecular formula is C27H34N2O4. The summed E-state index contributed by atoms with van der Waals surface area (Å²) in [6, 6.07) is 18.2. The summed E-state index contributed by atoms with van der Waals surface area (Å²) in [5.74, 6) is -0.749. The topological polar surface area (TPSA) is 84.5 Å². The van der Waals surface area contributed by atoms with Crippen LogP contribution in [0.4, 0.5) is 0 Å². The van der Waals surface area contributed by atoms with Gasteiger partial charge >= 0.3 is 0 Å². The quantitative estimate of drug-likeness (QED) is 0.576. The SMILES string of the molecule is CCC1OCC(=O)C1NC(=O)C(CC(C)(C)CCNC(=O)c1ccccc1)c1ccccc1. The summed E-state index contributed by atoms with van der Waals surface area (Å²) in [6.07, 6.45) is 1.69. The van der Waals surface area contributed by atoms with Crippen molar-refractivity contribution in [2.45, 2.75) is 58.1 Å². The highest BCUT2D eigenvalue weighted by atomic mass is 16.5. The van der Waals surface area contributed by atoms with Crippen LogP contribution in [0, 0.1) is 5.41 Å². The van der Waals surface area contributed by atoms with Gasteiger partial charge in [-0.15, -0.1) is 0 Å². The largest absolute Gasteiger partial charge is 0.368 e. The van der Waals surface area contributed by atoms with Gasteiger partial charge in [0.05, 0.1) is 12.0 Å². The molecule has 1 aliphatic heterocycles. The van der Waals surface area contributed by atoms with Crippen molar-refractivity contribution in [2.24, 2.45) is 5.41 Å². The fraction of sp³-hybridized carbons (Fsp3) is 0.444. The summed E-state index contributed by atoms with van der Waals surface area (Å²) in [7, 11) is 0. The third kappa shape index (κ3) is 6.75. The number of hydrogen-bond acceptors (Lipinski definition) is 4. The van der Waals surface area contributed by atoms with Gasteiger partial charge in [-0.2, -0.15) is 0 Å². The number of Topliss-reactive ketones (excluding diaryl/α,β-unsaturated/α-hetero) is 1. The van der Waals surface area contributed by atoms with E-state index in [1.54, 1.807) is 12.1 Å². The van der Waals surface area contributed by atoms with Crippen molar-refractivity contribution < 1.29 is 19.1 Å². The van der Waals surface area contributed by atoms with Crippen molar-refractivity contribution in [3.8, 4) is 0 Å². The van der Waals surface area contributed by atoms with E-state index in [0.717, 1.165) is 5.56 Å². The maximum absolute atomic E-state index is 13.4. The minimum Gasteiger partial charge on any atom is -0.368 e. The van der Waals surface area contributed by atoms with E-state index in [9.17, 15) is 14.4 Å². The molecule has 0 spiro atoms. The standard InChI is InChI=1S/C27H34N2O4/c1-4-23-24(22(30)18-33-23)29-26(32)21(19-11-7-5-8-12-19)17-27(2,3)15-16-28-25(31)20-13-9-6-10-14-20/h5-14,21,23-24H,4,15-18H2,1-3H3,(H,28,31)(H,29,32). The van der Waals surface area contributed by atoms with Gasteiger partial charge in [-0.25, -0.2) is 0 Å². The third-order valence-corrected chi connectivity index (χ3v) is 6.26. The van der Waals surface area contributed by atoms with E-state index in [-0.39, 0.29) is 35.7 Å². The summed E-state index contributed by atoms with van der Waals surface area (Å²) < 4.78 is 5.52. The molecule has 1 saturated heterocycles. The molecule has 2 N–H and O–H groups in total. The number of carbonyl (C=O) groups excluding carboxylic acids is 3. The molecule has 1 aliphatic rings. The van der Waals surface area contributed by atoms with Gasteiger partial charge in [0.25, 0.3) is 5.91 Å². The highest BCUT2D eigenvalue weighted by molar-refractivity contribution is 5.94. The second-order valence-corrected chi connectivity index (χ2v) is 9.41. The second-order valence-electron chi connectivity index (χ2n) is 9.41. The minimum atomic E-state index is -0.595. The van der Waals surface area contributed by atoms with Crippen LogP contribution in [0.25, 0.3) is 0 Å². The second kappa shape index (κ2) is 11.2. The molecule has 0 bridgehead atoms. The molecule has 2 aromatic carbocycles. The minimum absolute atomic E-state index is 0.0477. The molecule has 1 fully saturated rings. The van der Waals surface area contributed by atoms with E-state index in [1.165, 1.54) is 0 Å². The Labute approximate surface area is 196 Å². The van der Waals surface area contributed by atoms with Gasteiger partial charge in [-0.05, 0) is 42.4 Å². The van der Waals surface area contributed by atoms with Crippen molar-refractivity contribution in [3.05, 3.63) is 71.8 Å². The Morgan fingerprint density at radius 2 is 1.70 bits per heavy atom. The molecule has 3 atom stereocenters. The van der Waals surface area contributed by atoms with Gasteiger partial charge in [0.1, 0.15) is 12.6 Å². The van der Waals surface area contributed by atoms with Crippen LogP contribution < -0.4 is 10.6 Å². The van der Waals surface area contributed by atoms with E-state index in [4.69, 9.17) is 4.74 Å². The predicted octanol–water partition coefficient (Wildman–Crippen LogP) is 3.87. The number of amides is 2. The Morgan fingerprint density at radius 3 is 2.33 bits per heavy atom. The molecule has 0 aliphatic carbocycles. The Morgan fingerprint density at radius 1 is 1.06 bits per heavy atom. The zero-order chi connectivity index (χ0) is 23.8. The number of benzene rings is 2. The van der Waals surface area contributed by atoms with Crippen molar-refractivity contribution in [2.75, 3.05) is 13.2 Å². The summed E-state index contributed by atoms with van der Waals surface area (Å²) in [5, 5.41) is 5.94. The highest BCUT2D eigenvalue weighted by Gasteiger charge is 2.38. The average molecular weight is 451 g/mol. The van der Waals surface area contributed by atoms with Crippen LogP contribution in [0.1, 0.15) is 61.9 Å². The maximum Gasteiger partial charge on any atom is 0.251 e. The van der Waals surface area contributed by atoms with Crippen LogP contribution >= 0.6 is 0 Å². The third-order valence-electron chi connectivity index (χ3n) is 6.26. The first kappa shape index (κ1) is 24.6. The Balaban J connectivity index is 1.66. The molecule has 1 heterocycles. The highest BCUT2D eigenvalue weighted by Crippen LogP contribution is 2.34. The Bertz CT molecular complexity index is 943. The van der Waals surface area contributed by atoms with Crippen molar-refractivity contribution in [1.29, 1.82) is 0 Å². The molecule has 3 unspecified atom stereocenters. The molecule has 33 heavy (non-hydrogen) atoms. The summed E-state index contributed by atoms with van der Waals surface area (Å²) >= 11 is 0. The molecule has 0 radical (unpaired) electrons. The first-order valence-corrected chi connectivity index (χ1v) is 11.6. The molecule has 6 nitrogen and oxygen atoms in total. The first-order valence-electron chi connectivity index (χ1n) is 11.6. The molecule has 2 aromatic rings. The normalized spacial score (nSPS) is 19.2. The lowest BCUT2D eigenvalue weighted by Crippen LogP contribution is -2.47. The number of carbonyl (C=O) groups is 3. The van der Waals surface area contributed by atoms with Crippen LogP contribution in [-0.2, 0) is 14.3 Å². The fourth-order valence-corrected chi connectivity index (χ4v) is 4.27. The van der Waals surface area contributed by atoms with Gasteiger partial charge in [0, 0.05) is 12.1 Å². The van der Waals surface area contributed by atoms with E-state index in [1.807, 2.05) is 55.5 Å². The van der Waals surface area contributed by atoms with Crippen LogP contribution in [0.2, 0.25) is 0 Å². The molecule has 3 rings (SSSR count). The molecule has 0 aromatic heterocycles. The number of hydrogen-bond donors (Lipinski definition) is 2. The smallest absolute Gasteiger partial charge is 0.251 e. The molecule has 2 amide bonds. The zero-order valence-corrected chi connectivity index (χ0v) is 19.7. The number of ketones is 1. The summed E-state index contributed by atoms with van der Waals surface area (Å²) in [5.41, 5.74) is 1.32. The van der Waals surface area contributed by atoms with Gasteiger partial charge < -0.3 is 15.4 Å². The summed E-state index contributed by atoms with van der Waals surface area (Å²) in [4.78, 5) is 38.0. The first-order chi connectivity index (χ1) is 15.8. The molecular weight excluding hydrogens is 416 g/mol. The van der Waals surface area contributed by atoms with Crippen LogP contribution in [0.5, 0.6) is 0 Å². The van der Waals surface area contributed by atoms with Crippen LogP contribution in [0.15, 0.2) is 60.7 Å². The summed E-state index contributed by atoms with van der Waals surface area (Å²) in [6.45, 7) is 6.71. The van der Waals surface area contributed by atoms with Gasteiger partial charge in [-0.1, -0.05) is 69.3 Å². The van der Waals surface area contributed by atoms with Crippen molar-refractivity contribution >= 4 is 17.6 Å². The van der Waals surface area contributed by atoms with Crippen molar-refractivity contribution in [3.63, 3.8) is 0 Å². The maximum atomic E-state index is 13.4. The van der Waals surface area contributed by atoms with Crippen LogP contribution in [-0.4, -0.2) is 42.9 Å². The Kier molecular flexibility index (Phi) is 8.39.